The minimum absolute atomic E-state index is 0.0421. The van der Waals surface area contributed by atoms with Crippen molar-refractivity contribution in [3.63, 3.8) is 0 Å². The lowest BCUT2D eigenvalue weighted by Gasteiger charge is -2.33. The van der Waals surface area contributed by atoms with E-state index in [1.807, 2.05) is 0 Å². The number of rotatable bonds is 4. The van der Waals surface area contributed by atoms with E-state index in [9.17, 15) is 18.0 Å². The van der Waals surface area contributed by atoms with Gasteiger partial charge in [0.1, 0.15) is 5.57 Å². The van der Waals surface area contributed by atoms with E-state index in [2.05, 4.69) is 10.3 Å². The first-order valence-electron chi connectivity index (χ1n) is 6.18. The van der Waals surface area contributed by atoms with E-state index in [4.69, 9.17) is 0 Å². The Labute approximate surface area is 126 Å². The normalized spacial score (nSPS) is 18.1. The van der Waals surface area contributed by atoms with Crippen LogP contribution in [0.25, 0.3) is 0 Å². The van der Waals surface area contributed by atoms with Crippen LogP contribution in [-0.2, 0) is 19.8 Å². The van der Waals surface area contributed by atoms with Crippen LogP contribution in [0.3, 0.4) is 0 Å². The summed E-state index contributed by atoms with van der Waals surface area (Å²) in [6.45, 7) is 2.98. The van der Waals surface area contributed by atoms with Crippen LogP contribution in [0.1, 0.15) is 13.8 Å². The van der Waals surface area contributed by atoms with Crippen molar-refractivity contribution in [2.45, 2.75) is 13.8 Å². The number of amides is 2. The molecule has 0 spiro atoms. The van der Waals surface area contributed by atoms with Crippen molar-refractivity contribution in [2.24, 2.45) is 0 Å². The summed E-state index contributed by atoms with van der Waals surface area (Å²) in [7, 11) is -4.08. The van der Waals surface area contributed by atoms with Crippen molar-refractivity contribution >= 4 is 38.5 Å². The van der Waals surface area contributed by atoms with E-state index < -0.39 is 22.0 Å². The second-order valence-corrected chi connectivity index (χ2v) is 6.66. The molecule has 1 aliphatic rings. The van der Waals surface area contributed by atoms with Gasteiger partial charge in [0, 0.05) is 30.9 Å². The molecule has 1 fully saturated rings. The molecule has 1 aliphatic heterocycles. The molecule has 2 amide bonds. The average Bonchev–Trinajstić information content (AvgIpc) is 2.92. The summed E-state index contributed by atoms with van der Waals surface area (Å²) in [5.41, 5.74) is -0.233. The Morgan fingerprint density at radius 2 is 1.81 bits per heavy atom. The molecule has 2 heterocycles. The predicted molar refractivity (Wildman–Crippen MR) is 77.5 cm³/mol. The predicted octanol–water partition coefficient (Wildman–Crippen LogP) is 0.394. The molecule has 21 heavy (non-hydrogen) atoms. The molecule has 0 radical (unpaired) electrons. The molecule has 0 saturated carbocycles. The van der Waals surface area contributed by atoms with Crippen molar-refractivity contribution in [3.05, 3.63) is 23.3 Å². The lowest BCUT2D eigenvalue weighted by molar-refractivity contribution is -0.131. The molecular weight excluding hydrogens is 316 g/mol. The molecule has 10 heteroatoms. The third kappa shape index (κ3) is 2.63. The van der Waals surface area contributed by atoms with Gasteiger partial charge in [-0.3, -0.25) is 9.59 Å². The summed E-state index contributed by atoms with van der Waals surface area (Å²) in [6.07, 6.45) is 2.76. The number of nitrogens with one attached hydrogen (secondary N) is 1. The first kappa shape index (κ1) is 15.4. The van der Waals surface area contributed by atoms with Crippen LogP contribution in [-0.4, -0.2) is 46.9 Å². The number of thiazole rings is 1. The quantitative estimate of drug-likeness (QED) is 0.633. The van der Waals surface area contributed by atoms with Crippen molar-refractivity contribution in [2.75, 3.05) is 18.4 Å². The number of carbonyl (C=O) groups is 2. The van der Waals surface area contributed by atoms with Gasteiger partial charge in [0.2, 0.25) is 0 Å². The van der Waals surface area contributed by atoms with E-state index in [-0.39, 0.29) is 18.7 Å². The van der Waals surface area contributed by atoms with Gasteiger partial charge >= 0.3 is 10.2 Å². The number of hydrogen-bond donors (Lipinski definition) is 1. The molecule has 1 aromatic heterocycles. The number of likely N-dealkylation sites (N-methyl/N-ethyl adjacent to an activating group) is 2. The first-order chi connectivity index (χ1) is 9.93. The van der Waals surface area contributed by atoms with Gasteiger partial charge in [0.05, 0.1) is 0 Å². The highest BCUT2D eigenvalue weighted by Crippen LogP contribution is 2.22. The van der Waals surface area contributed by atoms with Gasteiger partial charge in [-0.25, -0.2) is 13.6 Å². The second-order valence-electron chi connectivity index (χ2n) is 3.99. The van der Waals surface area contributed by atoms with Crippen LogP contribution in [0.5, 0.6) is 0 Å². The molecule has 8 nitrogen and oxygen atoms in total. The Hall–Kier alpha value is -1.94. The summed E-state index contributed by atoms with van der Waals surface area (Å²) < 4.78 is 25.6. The van der Waals surface area contributed by atoms with E-state index >= 15 is 0 Å². The van der Waals surface area contributed by atoms with Crippen molar-refractivity contribution < 1.29 is 18.0 Å². The zero-order chi connectivity index (χ0) is 15.6. The van der Waals surface area contributed by atoms with Crippen LogP contribution < -0.4 is 5.32 Å². The third-order valence-electron chi connectivity index (χ3n) is 2.82. The number of aromatic nitrogens is 1. The van der Waals surface area contributed by atoms with Gasteiger partial charge in [0.15, 0.2) is 5.13 Å². The van der Waals surface area contributed by atoms with Gasteiger partial charge in [-0.15, -0.1) is 11.3 Å². The lowest BCUT2D eigenvalue weighted by atomic mass is 10.2. The zero-order valence-electron chi connectivity index (χ0n) is 11.4. The molecule has 0 bridgehead atoms. The summed E-state index contributed by atoms with van der Waals surface area (Å²) >= 11 is 1.29. The number of carbonyl (C=O) groups excluding carboxylic acids is 2. The number of nitrogens with zero attached hydrogens (tertiary/aromatic N) is 3. The Kier molecular flexibility index (Phi) is 4.28. The molecule has 1 aromatic rings. The Bertz CT molecular complexity index is 649. The zero-order valence-corrected chi connectivity index (χ0v) is 13.1. The summed E-state index contributed by atoms with van der Waals surface area (Å²) in [4.78, 5) is 28.3. The molecule has 2 rings (SSSR count). The van der Waals surface area contributed by atoms with E-state index in [0.717, 1.165) is 0 Å². The average molecular weight is 330 g/mol. The van der Waals surface area contributed by atoms with Gasteiger partial charge in [-0.1, -0.05) is 0 Å². The fraction of sp³-hybridized carbons (Fsp3) is 0.364. The maximum Gasteiger partial charge on any atom is 0.331 e. The molecule has 0 aromatic carbocycles. The molecular formula is C11H14N4O4S2. The van der Waals surface area contributed by atoms with Crippen LogP contribution in [0.15, 0.2) is 23.3 Å². The largest absolute Gasteiger partial charge is 0.337 e. The fourth-order valence-corrected chi connectivity index (χ4v) is 3.86. The summed E-state index contributed by atoms with van der Waals surface area (Å²) in [6, 6.07) is 0. The summed E-state index contributed by atoms with van der Waals surface area (Å²) in [5, 5.41) is 4.96. The Morgan fingerprint density at radius 1 is 1.24 bits per heavy atom. The highest BCUT2D eigenvalue weighted by molar-refractivity contribution is 7.88. The highest BCUT2D eigenvalue weighted by Gasteiger charge is 2.45. The molecule has 0 atom stereocenters. The summed E-state index contributed by atoms with van der Waals surface area (Å²) in [5.74, 6) is -1.67. The van der Waals surface area contributed by atoms with Crippen LogP contribution in [0.2, 0.25) is 0 Å². The van der Waals surface area contributed by atoms with E-state index in [1.54, 1.807) is 11.6 Å². The van der Waals surface area contributed by atoms with Crippen molar-refractivity contribution in [1.29, 1.82) is 0 Å². The van der Waals surface area contributed by atoms with Crippen LogP contribution >= 0.6 is 11.3 Å². The minimum Gasteiger partial charge on any atom is -0.337 e. The SMILES string of the molecule is CCN1C(=O)C(=CNc2nccs2)C(=O)N(CC)S1(=O)=O. The lowest BCUT2D eigenvalue weighted by Crippen LogP contribution is -2.56. The van der Waals surface area contributed by atoms with E-state index in [1.165, 1.54) is 31.4 Å². The number of hydrogen-bond acceptors (Lipinski definition) is 7. The topological polar surface area (TPSA) is 99.7 Å². The molecule has 0 unspecified atom stereocenters. The smallest absolute Gasteiger partial charge is 0.331 e. The fourth-order valence-electron chi connectivity index (χ4n) is 1.85. The monoisotopic (exact) mass is 330 g/mol. The first-order valence-corrected chi connectivity index (χ1v) is 8.46. The van der Waals surface area contributed by atoms with Gasteiger partial charge in [-0.05, 0) is 13.8 Å². The standard InChI is InChI=1S/C11H14N4O4S2/c1-3-14-9(16)8(7-13-11-12-5-6-20-11)10(17)15(4-2)21(14,18)19/h5-7H,3-4H2,1-2H3,(H,12,13). The van der Waals surface area contributed by atoms with Crippen molar-refractivity contribution in [3.8, 4) is 0 Å². The molecule has 114 valence electrons. The van der Waals surface area contributed by atoms with Gasteiger partial charge in [0.25, 0.3) is 11.8 Å². The molecule has 0 aliphatic carbocycles. The number of anilines is 1. The van der Waals surface area contributed by atoms with E-state index in [0.29, 0.717) is 13.7 Å². The van der Waals surface area contributed by atoms with Crippen molar-refractivity contribution in [1.82, 2.24) is 13.6 Å². The molecule has 1 N–H and O–H groups in total. The third-order valence-corrected chi connectivity index (χ3v) is 5.48. The maximum absolute atomic E-state index is 12.2. The van der Waals surface area contributed by atoms with Crippen LogP contribution in [0, 0.1) is 0 Å². The minimum atomic E-state index is -4.08. The highest BCUT2D eigenvalue weighted by atomic mass is 32.2. The van der Waals surface area contributed by atoms with Gasteiger partial charge < -0.3 is 5.32 Å². The second kappa shape index (κ2) is 5.82. The molecule has 1 saturated heterocycles. The maximum atomic E-state index is 12.2. The van der Waals surface area contributed by atoms with Crippen LogP contribution in [0.4, 0.5) is 5.13 Å². The Balaban J connectivity index is 2.39. The Morgan fingerprint density at radius 3 is 2.24 bits per heavy atom. The van der Waals surface area contributed by atoms with Gasteiger partial charge in [-0.2, -0.15) is 8.42 Å².